The van der Waals surface area contributed by atoms with Gasteiger partial charge in [-0.15, -0.1) is 5.10 Å². The van der Waals surface area contributed by atoms with Gasteiger partial charge in [-0.1, -0.05) is 0 Å². The van der Waals surface area contributed by atoms with E-state index in [9.17, 15) is 4.79 Å². The van der Waals surface area contributed by atoms with Crippen LogP contribution in [0.25, 0.3) is 0 Å². The summed E-state index contributed by atoms with van der Waals surface area (Å²) in [6, 6.07) is 0. The number of nitrogens with zero attached hydrogens (tertiary/aromatic N) is 4. The largest absolute Gasteiger partial charge is 0.338 e. The van der Waals surface area contributed by atoms with Crippen molar-refractivity contribution in [2.24, 2.45) is 0 Å². The predicted molar refractivity (Wildman–Crippen MR) is 71.0 cm³/mol. The minimum absolute atomic E-state index is 0.0812. The maximum absolute atomic E-state index is 12.2. The second kappa shape index (κ2) is 5.28. The van der Waals surface area contributed by atoms with E-state index < -0.39 is 0 Å². The molecule has 19 heavy (non-hydrogen) atoms. The standard InChI is InChI=1S/C13H21N5O/c1-17(8-9-18-6-2-3-7-18)13(19)12-14-11(15-16-12)10-4-5-10/h10H,2-9H2,1H3,(H,14,15,16). The van der Waals surface area contributed by atoms with Crippen LogP contribution in [-0.2, 0) is 0 Å². The molecule has 2 heterocycles. The molecule has 0 unspecified atom stereocenters. The summed E-state index contributed by atoms with van der Waals surface area (Å²) < 4.78 is 0. The van der Waals surface area contributed by atoms with Crippen molar-refractivity contribution >= 4 is 5.91 Å². The third kappa shape index (κ3) is 2.94. The molecule has 2 aliphatic rings. The Balaban J connectivity index is 1.52. The molecule has 1 aliphatic carbocycles. The Bertz CT molecular complexity index is 448. The van der Waals surface area contributed by atoms with E-state index in [0.29, 0.717) is 11.7 Å². The second-order valence-electron chi connectivity index (χ2n) is 5.59. The van der Waals surface area contributed by atoms with Gasteiger partial charge in [0, 0.05) is 26.1 Å². The number of carbonyl (C=O) groups excluding carboxylic acids is 1. The lowest BCUT2D eigenvalue weighted by molar-refractivity contribution is 0.0770. The first-order valence-electron chi connectivity index (χ1n) is 7.14. The topological polar surface area (TPSA) is 65.1 Å². The highest BCUT2D eigenvalue weighted by Crippen LogP contribution is 2.37. The van der Waals surface area contributed by atoms with Crippen molar-refractivity contribution in [2.75, 3.05) is 33.2 Å². The molecule has 3 rings (SSSR count). The minimum atomic E-state index is -0.0812. The van der Waals surface area contributed by atoms with Crippen LogP contribution in [0.5, 0.6) is 0 Å². The van der Waals surface area contributed by atoms with E-state index in [4.69, 9.17) is 0 Å². The first-order valence-corrected chi connectivity index (χ1v) is 7.14. The number of hydrogen-bond acceptors (Lipinski definition) is 4. The number of rotatable bonds is 5. The summed E-state index contributed by atoms with van der Waals surface area (Å²) in [4.78, 5) is 20.6. The summed E-state index contributed by atoms with van der Waals surface area (Å²) in [6.07, 6.45) is 4.88. The zero-order valence-corrected chi connectivity index (χ0v) is 11.4. The normalized spacial score (nSPS) is 19.8. The highest BCUT2D eigenvalue weighted by atomic mass is 16.2. The summed E-state index contributed by atoms with van der Waals surface area (Å²) in [7, 11) is 1.82. The van der Waals surface area contributed by atoms with Crippen LogP contribution in [0, 0.1) is 0 Å². The van der Waals surface area contributed by atoms with Gasteiger partial charge in [-0.3, -0.25) is 9.89 Å². The number of hydrogen-bond donors (Lipinski definition) is 1. The van der Waals surface area contributed by atoms with Gasteiger partial charge in [-0.2, -0.15) is 0 Å². The quantitative estimate of drug-likeness (QED) is 0.855. The van der Waals surface area contributed by atoms with E-state index in [2.05, 4.69) is 20.1 Å². The molecule has 1 amide bonds. The van der Waals surface area contributed by atoms with E-state index in [1.165, 1.54) is 12.8 Å². The van der Waals surface area contributed by atoms with Gasteiger partial charge in [0.2, 0.25) is 5.82 Å². The first kappa shape index (κ1) is 12.6. The van der Waals surface area contributed by atoms with Crippen molar-refractivity contribution in [3.63, 3.8) is 0 Å². The number of H-pyrrole nitrogens is 1. The average molecular weight is 263 g/mol. The van der Waals surface area contributed by atoms with E-state index in [-0.39, 0.29) is 5.91 Å². The zero-order chi connectivity index (χ0) is 13.2. The summed E-state index contributed by atoms with van der Waals surface area (Å²) in [6.45, 7) is 4.01. The number of aromatic amines is 1. The first-order chi connectivity index (χ1) is 9.24. The molecule has 1 aromatic heterocycles. The molecule has 6 nitrogen and oxygen atoms in total. The van der Waals surface area contributed by atoms with Gasteiger partial charge >= 0.3 is 0 Å². The van der Waals surface area contributed by atoms with E-state index in [0.717, 1.165) is 44.8 Å². The van der Waals surface area contributed by atoms with Crippen LogP contribution in [0.15, 0.2) is 0 Å². The van der Waals surface area contributed by atoms with Crippen LogP contribution in [0.4, 0.5) is 0 Å². The van der Waals surface area contributed by atoms with Crippen molar-refractivity contribution < 1.29 is 4.79 Å². The average Bonchev–Trinajstić information content (AvgIpc) is 2.95. The highest BCUT2D eigenvalue weighted by molar-refractivity contribution is 5.90. The molecule has 1 aliphatic heterocycles. The summed E-state index contributed by atoms with van der Waals surface area (Å²) in [5.74, 6) is 1.61. The zero-order valence-electron chi connectivity index (χ0n) is 11.4. The Hall–Kier alpha value is -1.43. The lowest BCUT2D eigenvalue weighted by Crippen LogP contribution is -2.35. The van der Waals surface area contributed by atoms with Gasteiger partial charge < -0.3 is 9.80 Å². The van der Waals surface area contributed by atoms with Gasteiger partial charge in [0.15, 0.2) is 0 Å². The molecule has 1 aromatic rings. The van der Waals surface area contributed by atoms with E-state index in [1.807, 2.05) is 7.05 Å². The minimum Gasteiger partial charge on any atom is -0.338 e. The number of likely N-dealkylation sites (tertiary alicyclic amines) is 1. The molecule has 0 aromatic carbocycles. The predicted octanol–water partition coefficient (Wildman–Crippen LogP) is 0.850. The van der Waals surface area contributed by atoms with Crippen molar-refractivity contribution in [2.45, 2.75) is 31.6 Å². The molecule has 2 fully saturated rings. The number of amides is 1. The van der Waals surface area contributed by atoms with Crippen LogP contribution < -0.4 is 0 Å². The monoisotopic (exact) mass is 263 g/mol. The Labute approximate surface area is 113 Å². The fraction of sp³-hybridized carbons (Fsp3) is 0.769. The maximum Gasteiger partial charge on any atom is 0.293 e. The molecular formula is C13H21N5O. The molecule has 0 spiro atoms. The fourth-order valence-electron chi connectivity index (χ4n) is 2.48. The van der Waals surface area contributed by atoms with Crippen LogP contribution in [0.3, 0.4) is 0 Å². The lowest BCUT2D eigenvalue weighted by Gasteiger charge is -2.20. The number of likely N-dealkylation sites (N-methyl/N-ethyl adjacent to an activating group) is 1. The van der Waals surface area contributed by atoms with Gasteiger partial charge in [0.05, 0.1) is 0 Å². The van der Waals surface area contributed by atoms with Crippen LogP contribution in [0.2, 0.25) is 0 Å². The molecule has 0 bridgehead atoms. The van der Waals surface area contributed by atoms with Gasteiger partial charge in [-0.25, -0.2) is 4.98 Å². The number of nitrogens with one attached hydrogen (secondary N) is 1. The molecular weight excluding hydrogens is 242 g/mol. The Kier molecular flexibility index (Phi) is 3.50. The van der Waals surface area contributed by atoms with Crippen LogP contribution in [0.1, 0.15) is 48.0 Å². The third-order valence-electron chi connectivity index (χ3n) is 3.96. The van der Waals surface area contributed by atoms with Crippen LogP contribution in [-0.4, -0.2) is 64.1 Å². The van der Waals surface area contributed by atoms with Gasteiger partial charge in [0.25, 0.3) is 5.91 Å². The SMILES string of the molecule is CN(CCN1CCCC1)C(=O)c1n[nH]c(C2CC2)n1. The Morgan fingerprint density at radius 3 is 2.84 bits per heavy atom. The van der Waals surface area contributed by atoms with Gasteiger partial charge in [-0.05, 0) is 38.8 Å². The van der Waals surface area contributed by atoms with Gasteiger partial charge in [0.1, 0.15) is 5.82 Å². The molecule has 104 valence electrons. The lowest BCUT2D eigenvalue weighted by atomic mass is 10.4. The summed E-state index contributed by atoms with van der Waals surface area (Å²) >= 11 is 0. The van der Waals surface area contributed by atoms with Crippen LogP contribution >= 0.6 is 0 Å². The number of aromatic nitrogens is 3. The molecule has 1 saturated carbocycles. The second-order valence-corrected chi connectivity index (χ2v) is 5.59. The highest BCUT2D eigenvalue weighted by Gasteiger charge is 2.28. The summed E-state index contributed by atoms with van der Waals surface area (Å²) in [5, 5.41) is 6.92. The third-order valence-corrected chi connectivity index (χ3v) is 3.96. The fourth-order valence-corrected chi connectivity index (χ4v) is 2.48. The van der Waals surface area contributed by atoms with Crippen molar-refractivity contribution in [1.29, 1.82) is 0 Å². The van der Waals surface area contributed by atoms with Crippen molar-refractivity contribution in [1.82, 2.24) is 25.0 Å². The molecule has 1 N–H and O–H groups in total. The molecule has 1 saturated heterocycles. The van der Waals surface area contributed by atoms with E-state index in [1.54, 1.807) is 4.90 Å². The van der Waals surface area contributed by atoms with E-state index >= 15 is 0 Å². The maximum atomic E-state index is 12.2. The Morgan fingerprint density at radius 2 is 2.16 bits per heavy atom. The molecule has 6 heteroatoms. The molecule has 0 radical (unpaired) electrons. The summed E-state index contributed by atoms with van der Waals surface area (Å²) in [5.41, 5.74) is 0. The Morgan fingerprint density at radius 1 is 1.42 bits per heavy atom. The van der Waals surface area contributed by atoms with Crippen molar-refractivity contribution in [3.05, 3.63) is 11.6 Å². The number of carbonyl (C=O) groups is 1. The molecule has 0 atom stereocenters. The smallest absolute Gasteiger partial charge is 0.293 e. The van der Waals surface area contributed by atoms with Crippen molar-refractivity contribution in [3.8, 4) is 0 Å².